The van der Waals surface area contributed by atoms with E-state index in [-0.39, 0.29) is 17.1 Å². The van der Waals surface area contributed by atoms with Gasteiger partial charge < -0.3 is 10.6 Å². The number of anilines is 2. The maximum atomic E-state index is 12.5. The van der Waals surface area contributed by atoms with Crippen molar-refractivity contribution in [1.29, 1.82) is 0 Å². The van der Waals surface area contributed by atoms with E-state index in [0.717, 1.165) is 23.4 Å². The molecule has 1 unspecified atom stereocenters. The fourth-order valence-corrected chi connectivity index (χ4v) is 3.83. The molecule has 1 atom stereocenters. The van der Waals surface area contributed by atoms with Crippen molar-refractivity contribution in [2.45, 2.75) is 30.4 Å². The Bertz CT molecular complexity index is 748. The summed E-state index contributed by atoms with van der Waals surface area (Å²) in [7, 11) is 0. The summed E-state index contributed by atoms with van der Waals surface area (Å²) in [6.45, 7) is 3.36. The monoisotopic (exact) mass is 326 g/mol. The van der Waals surface area contributed by atoms with Gasteiger partial charge in [0.15, 0.2) is 0 Å². The van der Waals surface area contributed by atoms with Crippen LogP contribution in [-0.2, 0) is 16.0 Å². The molecule has 2 aromatic carbocycles. The highest BCUT2D eigenvalue weighted by Gasteiger charge is 2.28. The molecular formula is C18H18N2O2S. The van der Waals surface area contributed by atoms with Crippen molar-refractivity contribution in [2.24, 2.45) is 0 Å². The standard InChI is InChI=1S/C18H18N2O2S/c1-11-14(19-12(2)21)7-5-8-15(11)20-18(22)17-10-13-6-3-4-9-16(13)23-17/h3-9,17H,10H2,1-2H3,(H,19,21)(H,20,22). The lowest BCUT2D eigenvalue weighted by Gasteiger charge is -2.14. The summed E-state index contributed by atoms with van der Waals surface area (Å²) in [5.41, 5.74) is 3.54. The molecule has 0 bridgehead atoms. The van der Waals surface area contributed by atoms with Crippen LogP contribution in [0.3, 0.4) is 0 Å². The van der Waals surface area contributed by atoms with Crippen LogP contribution in [0.5, 0.6) is 0 Å². The zero-order valence-corrected chi connectivity index (χ0v) is 13.9. The number of carbonyl (C=O) groups excluding carboxylic acids is 2. The van der Waals surface area contributed by atoms with Crippen molar-refractivity contribution in [3.63, 3.8) is 0 Å². The van der Waals surface area contributed by atoms with Crippen molar-refractivity contribution >= 4 is 35.0 Å². The Labute approximate surface area is 139 Å². The van der Waals surface area contributed by atoms with Gasteiger partial charge in [-0.1, -0.05) is 24.3 Å². The molecule has 2 N–H and O–H groups in total. The molecule has 0 radical (unpaired) electrons. The number of hydrogen-bond donors (Lipinski definition) is 2. The maximum absolute atomic E-state index is 12.5. The molecule has 3 rings (SSSR count). The molecule has 118 valence electrons. The zero-order chi connectivity index (χ0) is 16.4. The van der Waals surface area contributed by atoms with Crippen LogP contribution in [0.15, 0.2) is 47.4 Å². The summed E-state index contributed by atoms with van der Waals surface area (Å²) in [6.07, 6.45) is 0.747. The molecule has 2 aromatic rings. The summed E-state index contributed by atoms with van der Waals surface area (Å²) in [5.74, 6) is -0.132. The molecular weight excluding hydrogens is 308 g/mol. The van der Waals surface area contributed by atoms with Gasteiger partial charge >= 0.3 is 0 Å². The topological polar surface area (TPSA) is 58.2 Å². The molecule has 23 heavy (non-hydrogen) atoms. The number of carbonyl (C=O) groups is 2. The molecule has 5 heteroatoms. The van der Waals surface area contributed by atoms with E-state index in [0.29, 0.717) is 0 Å². The van der Waals surface area contributed by atoms with Gasteiger partial charge in [0.1, 0.15) is 0 Å². The predicted molar refractivity (Wildman–Crippen MR) is 93.9 cm³/mol. The Balaban J connectivity index is 1.73. The molecule has 0 spiro atoms. The smallest absolute Gasteiger partial charge is 0.238 e. The van der Waals surface area contributed by atoms with Gasteiger partial charge in [-0.25, -0.2) is 0 Å². The van der Waals surface area contributed by atoms with Crippen molar-refractivity contribution in [3.8, 4) is 0 Å². The van der Waals surface area contributed by atoms with E-state index in [1.54, 1.807) is 11.8 Å². The SMILES string of the molecule is CC(=O)Nc1cccc(NC(=O)C2Cc3ccccc3S2)c1C. The quantitative estimate of drug-likeness (QED) is 0.906. The summed E-state index contributed by atoms with van der Waals surface area (Å²) in [4.78, 5) is 25.0. The van der Waals surface area contributed by atoms with Crippen LogP contribution in [0.2, 0.25) is 0 Å². The Kier molecular flexibility index (Phi) is 4.39. The number of hydrogen-bond acceptors (Lipinski definition) is 3. The van der Waals surface area contributed by atoms with Crippen LogP contribution in [0.25, 0.3) is 0 Å². The molecule has 0 aromatic heterocycles. The Morgan fingerprint density at radius 1 is 1.04 bits per heavy atom. The van der Waals surface area contributed by atoms with E-state index in [1.165, 1.54) is 17.4 Å². The van der Waals surface area contributed by atoms with Crippen LogP contribution < -0.4 is 10.6 Å². The van der Waals surface area contributed by atoms with E-state index < -0.39 is 0 Å². The molecule has 1 heterocycles. The van der Waals surface area contributed by atoms with Crippen LogP contribution in [0, 0.1) is 6.92 Å². The second-order valence-electron chi connectivity index (χ2n) is 5.57. The normalized spacial score (nSPS) is 15.8. The minimum Gasteiger partial charge on any atom is -0.326 e. The van der Waals surface area contributed by atoms with Gasteiger partial charge in [-0.05, 0) is 42.7 Å². The average molecular weight is 326 g/mol. The first-order chi connectivity index (χ1) is 11.0. The van der Waals surface area contributed by atoms with Crippen LogP contribution in [-0.4, -0.2) is 17.1 Å². The predicted octanol–water partition coefficient (Wildman–Crippen LogP) is 3.61. The Morgan fingerprint density at radius 3 is 2.43 bits per heavy atom. The fraction of sp³-hybridized carbons (Fsp3) is 0.222. The Hall–Kier alpha value is -2.27. The lowest BCUT2D eigenvalue weighted by Crippen LogP contribution is -2.25. The summed E-state index contributed by atoms with van der Waals surface area (Å²) < 4.78 is 0. The highest BCUT2D eigenvalue weighted by atomic mass is 32.2. The van der Waals surface area contributed by atoms with Gasteiger partial charge in [0.2, 0.25) is 11.8 Å². The van der Waals surface area contributed by atoms with Crippen LogP contribution in [0.1, 0.15) is 18.1 Å². The van der Waals surface area contributed by atoms with Crippen molar-refractivity contribution in [2.75, 3.05) is 10.6 Å². The van der Waals surface area contributed by atoms with E-state index in [4.69, 9.17) is 0 Å². The van der Waals surface area contributed by atoms with Crippen molar-refractivity contribution < 1.29 is 9.59 Å². The largest absolute Gasteiger partial charge is 0.326 e. The molecule has 1 aliphatic heterocycles. The van der Waals surface area contributed by atoms with E-state index in [2.05, 4.69) is 22.8 Å². The molecule has 4 nitrogen and oxygen atoms in total. The van der Waals surface area contributed by atoms with Gasteiger partial charge in [-0.2, -0.15) is 0 Å². The van der Waals surface area contributed by atoms with Gasteiger partial charge in [0.25, 0.3) is 0 Å². The molecule has 0 saturated heterocycles. The minimum absolute atomic E-state index is 0.00530. The molecule has 0 aliphatic carbocycles. The van der Waals surface area contributed by atoms with Gasteiger partial charge in [-0.15, -0.1) is 11.8 Å². The van der Waals surface area contributed by atoms with Gasteiger partial charge in [0.05, 0.1) is 5.25 Å². The number of amides is 2. The van der Waals surface area contributed by atoms with E-state index in [1.807, 2.05) is 37.3 Å². The van der Waals surface area contributed by atoms with Crippen molar-refractivity contribution in [3.05, 3.63) is 53.6 Å². The molecule has 2 amide bonds. The van der Waals surface area contributed by atoms with E-state index in [9.17, 15) is 9.59 Å². The van der Waals surface area contributed by atoms with Crippen LogP contribution >= 0.6 is 11.8 Å². The Morgan fingerprint density at radius 2 is 1.74 bits per heavy atom. The summed E-state index contributed by atoms with van der Waals surface area (Å²) in [6, 6.07) is 13.6. The third-order valence-electron chi connectivity index (χ3n) is 3.84. The number of nitrogens with one attached hydrogen (secondary N) is 2. The number of rotatable bonds is 3. The fourth-order valence-electron chi connectivity index (χ4n) is 2.64. The molecule has 1 aliphatic rings. The molecule has 0 fully saturated rings. The second-order valence-corrected chi connectivity index (χ2v) is 6.81. The molecule has 0 saturated carbocycles. The third-order valence-corrected chi connectivity index (χ3v) is 5.16. The first kappa shape index (κ1) is 15.6. The van der Waals surface area contributed by atoms with E-state index >= 15 is 0 Å². The third kappa shape index (κ3) is 3.40. The highest BCUT2D eigenvalue weighted by Crippen LogP contribution is 2.37. The number of thioether (sulfide) groups is 1. The zero-order valence-electron chi connectivity index (χ0n) is 13.1. The number of fused-ring (bicyclic) bond motifs is 1. The first-order valence-electron chi connectivity index (χ1n) is 7.47. The lowest BCUT2D eigenvalue weighted by atomic mass is 10.1. The van der Waals surface area contributed by atoms with Crippen LogP contribution in [0.4, 0.5) is 11.4 Å². The lowest BCUT2D eigenvalue weighted by molar-refractivity contribution is -0.116. The first-order valence-corrected chi connectivity index (χ1v) is 8.35. The number of benzene rings is 2. The van der Waals surface area contributed by atoms with Crippen molar-refractivity contribution in [1.82, 2.24) is 0 Å². The van der Waals surface area contributed by atoms with Gasteiger partial charge in [-0.3, -0.25) is 9.59 Å². The summed E-state index contributed by atoms with van der Waals surface area (Å²) >= 11 is 1.60. The van der Waals surface area contributed by atoms with Gasteiger partial charge in [0, 0.05) is 23.2 Å². The minimum atomic E-state index is -0.127. The highest BCUT2D eigenvalue weighted by molar-refractivity contribution is 8.01. The average Bonchev–Trinajstić information content (AvgIpc) is 2.95. The maximum Gasteiger partial charge on any atom is 0.238 e. The second kappa shape index (κ2) is 6.46. The summed E-state index contributed by atoms with van der Waals surface area (Å²) in [5, 5.41) is 5.65.